The Morgan fingerprint density at radius 2 is 2.14 bits per heavy atom. The van der Waals surface area contributed by atoms with E-state index in [-0.39, 0.29) is 16.6 Å². The number of furan rings is 1. The van der Waals surface area contributed by atoms with Gasteiger partial charge in [0.15, 0.2) is 11.4 Å². The molecule has 0 radical (unpaired) electrons. The first-order valence-corrected chi connectivity index (χ1v) is 6.86. The Balaban J connectivity index is 2.03. The second kappa shape index (κ2) is 5.30. The minimum Gasteiger partial charge on any atom is -0.508 e. The predicted molar refractivity (Wildman–Crippen MR) is 79.6 cm³/mol. The summed E-state index contributed by atoms with van der Waals surface area (Å²) in [5.74, 6) is 0.730. The van der Waals surface area contributed by atoms with Gasteiger partial charge in [-0.05, 0) is 18.6 Å². The van der Waals surface area contributed by atoms with Crippen LogP contribution >= 0.6 is 11.6 Å². The highest BCUT2D eigenvalue weighted by Gasteiger charge is 2.21. The van der Waals surface area contributed by atoms with Crippen LogP contribution in [0.5, 0.6) is 5.75 Å². The van der Waals surface area contributed by atoms with Crippen molar-refractivity contribution in [3.8, 4) is 5.75 Å². The average Bonchev–Trinajstić information content (AvgIpc) is 2.90. The van der Waals surface area contributed by atoms with Crippen LogP contribution in [0.4, 0.5) is 0 Å². The van der Waals surface area contributed by atoms with Crippen molar-refractivity contribution in [2.45, 2.75) is 12.8 Å². The monoisotopic (exact) mass is 304 g/mol. The third-order valence-electron chi connectivity index (χ3n) is 3.52. The maximum atomic E-state index is 12.6. The first-order valence-electron chi connectivity index (χ1n) is 6.48. The molecule has 5 heteroatoms. The summed E-state index contributed by atoms with van der Waals surface area (Å²) in [6.45, 7) is 0. The Morgan fingerprint density at radius 1 is 1.33 bits per heavy atom. The molecule has 1 N–H and O–H groups in total. The number of ether oxygens (including phenoxy) is 1. The number of phenolic OH excluding ortho intramolecular Hbond substituents is 1. The van der Waals surface area contributed by atoms with E-state index in [0.717, 1.165) is 5.76 Å². The van der Waals surface area contributed by atoms with Gasteiger partial charge >= 0.3 is 0 Å². The van der Waals surface area contributed by atoms with Crippen molar-refractivity contribution in [2.75, 3.05) is 7.11 Å². The fourth-order valence-electron chi connectivity index (χ4n) is 2.41. The van der Waals surface area contributed by atoms with Crippen molar-refractivity contribution in [1.29, 1.82) is 0 Å². The molecule has 0 fully saturated rings. The lowest BCUT2D eigenvalue weighted by molar-refractivity contribution is 0.103. The molecule has 2 aromatic rings. The van der Waals surface area contributed by atoms with E-state index in [9.17, 15) is 9.90 Å². The minimum absolute atomic E-state index is 0.00198. The third-order valence-corrected chi connectivity index (χ3v) is 3.80. The Labute approximate surface area is 126 Å². The number of rotatable bonds is 3. The van der Waals surface area contributed by atoms with Crippen LogP contribution in [0, 0.1) is 0 Å². The van der Waals surface area contributed by atoms with Crippen LogP contribution in [0.3, 0.4) is 0 Å². The first kappa shape index (κ1) is 13.8. The molecule has 0 aliphatic heterocycles. The molecule has 1 aromatic carbocycles. The summed E-state index contributed by atoms with van der Waals surface area (Å²) in [6, 6.07) is 2.87. The normalized spacial score (nSPS) is 14.8. The van der Waals surface area contributed by atoms with Crippen LogP contribution in [0.25, 0.3) is 11.0 Å². The quantitative estimate of drug-likeness (QED) is 0.862. The Bertz CT molecular complexity index is 783. The van der Waals surface area contributed by atoms with Crippen LogP contribution in [-0.2, 0) is 4.74 Å². The van der Waals surface area contributed by atoms with Gasteiger partial charge in [0.1, 0.15) is 12.0 Å². The number of fused-ring (bicyclic) bond motifs is 1. The van der Waals surface area contributed by atoms with Crippen molar-refractivity contribution in [1.82, 2.24) is 0 Å². The van der Waals surface area contributed by atoms with Gasteiger partial charge in [0.05, 0.1) is 23.5 Å². The largest absolute Gasteiger partial charge is 0.508 e. The maximum Gasteiger partial charge on any atom is 0.192 e. The molecule has 0 amide bonds. The highest BCUT2D eigenvalue weighted by Crippen LogP contribution is 2.34. The van der Waals surface area contributed by atoms with E-state index >= 15 is 0 Å². The minimum atomic E-state index is -0.123. The average molecular weight is 305 g/mol. The molecule has 0 spiro atoms. The standard InChI is InChI=1S/C16H13ClO4/c1-20-11-4-2-9(3-5-11)15(19)13-8-21-16-12(13)6-10(18)7-14(16)17/h2,4,6-8,18H,3,5H2,1H3. The van der Waals surface area contributed by atoms with Crippen molar-refractivity contribution < 1.29 is 19.1 Å². The van der Waals surface area contributed by atoms with Crippen molar-refractivity contribution >= 4 is 28.4 Å². The zero-order valence-corrected chi connectivity index (χ0v) is 12.1. The highest BCUT2D eigenvalue weighted by atomic mass is 35.5. The van der Waals surface area contributed by atoms with Gasteiger partial charge in [-0.25, -0.2) is 0 Å². The first-order chi connectivity index (χ1) is 10.1. The second-order valence-corrected chi connectivity index (χ2v) is 5.22. The topological polar surface area (TPSA) is 59.7 Å². The zero-order chi connectivity index (χ0) is 15.0. The van der Waals surface area contributed by atoms with E-state index in [2.05, 4.69) is 0 Å². The van der Waals surface area contributed by atoms with Crippen LogP contribution in [-0.4, -0.2) is 18.0 Å². The summed E-state index contributed by atoms with van der Waals surface area (Å²) in [7, 11) is 1.61. The maximum absolute atomic E-state index is 12.6. The number of carbonyl (C=O) groups is 1. The molecule has 0 saturated heterocycles. The third kappa shape index (κ3) is 2.43. The number of hydrogen-bond donors (Lipinski definition) is 1. The number of Topliss-reactive ketones (excluding diaryl/α,β-unsaturated/α-hetero) is 1. The van der Waals surface area contributed by atoms with Gasteiger partial charge in [0.25, 0.3) is 0 Å². The van der Waals surface area contributed by atoms with Gasteiger partial charge in [0.2, 0.25) is 0 Å². The van der Waals surface area contributed by atoms with E-state index in [1.165, 1.54) is 18.4 Å². The predicted octanol–water partition coefficient (Wildman–Crippen LogP) is 4.23. The Hall–Kier alpha value is -2.20. The molecule has 0 bridgehead atoms. The number of aromatic hydroxyl groups is 1. The Kier molecular flexibility index (Phi) is 3.47. The molecular formula is C16H13ClO4. The number of carbonyl (C=O) groups excluding carboxylic acids is 1. The summed E-state index contributed by atoms with van der Waals surface area (Å²) in [5.41, 5.74) is 1.49. The number of allylic oxidation sites excluding steroid dienone is 4. The van der Waals surface area contributed by atoms with Gasteiger partial charge in [0, 0.05) is 23.4 Å². The second-order valence-electron chi connectivity index (χ2n) is 4.81. The molecule has 1 aliphatic rings. The van der Waals surface area contributed by atoms with E-state index in [0.29, 0.717) is 34.9 Å². The molecule has 4 nitrogen and oxygen atoms in total. The lowest BCUT2D eigenvalue weighted by Gasteiger charge is -2.12. The molecule has 1 aliphatic carbocycles. The van der Waals surface area contributed by atoms with E-state index < -0.39 is 0 Å². The number of ketones is 1. The van der Waals surface area contributed by atoms with Crippen molar-refractivity contribution in [3.63, 3.8) is 0 Å². The number of benzene rings is 1. The summed E-state index contributed by atoms with van der Waals surface area (Å²) in [5, 5.41) is 10.4. The van der Waals surface area contributed by atoms with Gasteiger partial charge in [-0.2, -0.15) is 0 Å². The lowest BCUT2D eigenvalue weighted by atomic mass is 9.95. The molecule has 3 rings (SSSR count). The Morgan fingerprint density at radius 3 is 2.81 bits per heavy atom. The molecular weight excluding hydrogens is 292 g/mol. The molecule has 108 valence electrons. The number of methoxy groups -OCH3 is 1. The number of halogens is 1. The molecule has 1 heterocycles. The van der Waals surface area contributed by atoms with E-state index in [4.69, 9.17) is 20.8 Å². The van der Waals surface area contributed by atoms with Crippen LogP contribution in [0.1, 0.15) is 23.2 Å². The molecule has 0 saturated carbocycles. The summed E-state index contributed by atoms with van der Waals surface area (Å²) < 4.78 is 10.5. The van der Waals surface area contributed by atoms with Crippen LogP contribution in [0.15, 0.2) is 46.3 Å². The van der Waals surface area contributed by atoms with E-state index in [1.807, 2.05) is 0 Å². The fraction of sp³-hybridized carbons (Fsp3) is 0.188. The number of hydrogen-bond acceptors (Lipinski definition) is 4. The van der Waals surface area contributed by atoms with Crippen molar-refractivity contribution in [2.24, 2.45) is 0 Å². The molecule has 0 unspecified atom stereocenters. The molecule has 1 aromatic heterocycles. The summed E-state index contributed by atoms with van der Waals surface area (Å²) in [4.78, 5) is 12.6. The van der Waals surface area contributed by atoms with Gasteiger partial charge < -0.3 is 14.3 Å². The van der Waals surface area contributed by atoms with Gasteiger partial charge in [-0.3, -0.25) is 4.79 Å². The molecule has 0 atom stereocenters. The number of phenols is 1. The van der Waals surface area contributed by atoms with Crippen LogP contribution in [0.2, 0.25) is 5.02 Å². The summed E-state index contributed by atoms with van der Waals surface area (Å²) >= 11 is 6.00. The van der Waals surface area contributed by atoms with Crippen LogP contribution < -0.4 is 0 Å². The molecule has 21 heavy (non-hydrogen) atoms. The van der Waals surface area contributed by atoms with Gasteiger partial charge in [-0.1, -0.05) is 17.7 Å². The fourth-order valence-corrected chi connectivity index (χ4v) is 2.66. The zero-order valence-electron chi connectivity index (χ0n) is 11.4. The van der Waals surface area contributed by atoms with Gasteiger partial charge in [-0.15, -0.1) is 0 Å². The lowest BCUT2D eigenvalue weighted by Crippen LogP contribution is -2.06. The smallest absolute Gasteiger partial charge is 0.192 e. The van der Waals surface area contributed by atoms with E-state index in [1.54, 1.807) is 19.3 Å². The highest BCUT2D eigenvalue weighted by molar-refractivity contribution is 6.35. The summed E-state index contributed by atoms with van der Waals surface area (Å²) in [6.07, 6.45) is 6.24. The van der Waals surface area contributed by atoms with Crippen molar-refractivity contribution in [3.05, 3.63) is 52.5 Å². The SMILES string of the molecule is COC1=CC=C(C(=O)c2coc3c(Cl)cc(O)cc23)CC1.